The highest BCUT2D eigenvalue weighted by atomic mass is 35.5. The van der Waals surface area contributed by atoms with Crippen LogP contribution in [0.3, 0.4) is 0 Å². The van der Waals surface area contributed by atoms with E-state index in [-0.39, 0.29) is 22.8 Å². The van der Waals surface area contributed by atoms with Crippen LogP contribution >= 0.6 is 11.6 Å². The first kappa shape index (κ1) is 17.2. The molecule has 0 saturated carbocycles. The number of halogens is 1. The molecule has 0 aromatic heterocycles. The number of benzene rings is 1. The number of sulfonamides is 1. The highest BCUT2D eigenvalue weighted by Crippen LogP contribution is 2.25. The lowest BCUT2D eigenvalue weighted by atomic mass is 10.2. The second-order valence-electron chi connectivity index (χ2n) is 4.95. The van der Waals surface area contributed by atoms with Crippen molar-refractivity contribution in [2.75, 3.05) is 18.1 Å². The molecule has 1 atom stereocenters. The monoisotopic (exact) mass is 367 g/mol. The number of rotatable bonds is 5. The Morgan fingerprint density at radius 1 is 1.32 bits per heavy atom. The van der Waals surface area contributed by atoms with E-state index in [0.29, 0.717) is 5.02 Å². The number of carboxylic acid groups (broad SMARTS) is 1. The Balaban J connectivity index is 2.40. The number of carbonyl (C=O) groups is 1. The van der Waals surface area contributed by atoms with Gasteiger partial charge in [-0.15, -0.1) is 0 Å². The summed E-state index contributed by atoms with van der Waals surface area (Å²) in [5.41, 5.74) is 0. The van der Waals surface area contributed by atoms with Crippen molar-refractivity contribution >= 4 is 37.4 Å². The van der Waals surface area contributed by atoms with Gasteiger partial charge in [-0.05, 0) is 30.7 Å². The summed E-state index contributed by atoms with van der Waals surface area (Å²) >= 11 is 5.71. The number of aliphatic carboxylic acids is 1. The molecule has 0 radical (unpaired) electrons. The number of carboxylic acids is 1. The lowest BCUT2D eigenvalue weighted by Gasteiger charge is -2.25. The minimum Gasteiger partial charge on any atom is -0.480 e. The molecule has 0 amide bonds. The Kier molecular flexibility index (Phi) is 4.81. The Hall–Kier alpha value is -1.16. The van der Waals surface area contributed by atoms with Gasteiger partial charge in [0.2, 0.25) is 10.0 Å². The minimum absolute atomic E-state index is 0.0857. The number of hydrogen-bond donors (Lipinski definition) is 1. The van der Waals surface area contributed by atoms with Gasteiger partial charge in [0.1, 0.15) is 6.54 Å². The van der Waals surface area contributed by atoms with Gasteiger partial charge in [-0.1, -0.05) is 11.6 Å². The second-order valence-corrected chi connectivity index (χ2v) is 9.51. The zero-order valence-electron chi connectivity index (χ0n) is 11.3. The van der Waals surface area contributed by atoms with Crippen LogP contribution in [0.2, 0.25) is 5.02 Å². The van der Waals surface area contributed by atoms with Crippen molar-refractivity contribution in [3.63, 3.8) is 0 Å². The van der Waals surface area contributed by atoms with E-state index < -0.39 is 38.4 Å². The Labute approximate surface area is 133 Å². The molecule has 1 aromatic carbocycles. The summed E-state index contributed by atoms with van der Waals surface area (Å²) in [5.74, 6) is -1.86. The molecule has 1 aromatic rings. The summed E-state index contributed by atoms with van der Waals surface area (Å²) in [6, 6.07) is 4.39. The van der Waals surface area contributed by atoms with Gasteiger partial charge in [0, 0.05) is 11.1 Å². The molecule has 1 N–H and O–H groups in total. The van der Waals surface area contributed by atoms with Gasteiger partial charge in [0.15, 0.2) is 9.84 Å². The van der Waals surface area contributed by atoms with Gasteiger partial charge in [-0.25, -0.2) is 16.8 Å². The quantitative estimate of drug-likeness (QED) is 0.816. The van der Waals surface area contributed by atoms with Crippen LogP contribution in [0.15, 0.2) is 29.2 Å². The summed E-state index contributed by atoms with van der Waals surface area (Å²) in [6.07, 6.45) is 0.0857. The first-order valence-corrected chi connectivity index (χ1v) is 9.95. The Morgan fingerprint density at radius 2 is 1.91 bits per heavy atom. The van der Waals surface area contributed by atoms with Crippen LogP contribution in [0, 0.1) is 0 Å². The molecule has 1 aliphatic heterocycles. The lowest BCUT2D eigenvalue weighted by Crippen LogP contribution is -2.44. The fraction of sp³-hybridized carbons (Fsp3) is 0.417. The van der Waals surface area contributed by atoms with E-state index in [9.17, 15) is 21.6 Å². The molecule has 1 saturated heterocycles. The molecule has 2 rings (SSSR count). The van der Waals surface area contributed by atoms with Crippen molar-refractivity contribution < 1.29 is 26.7 Å². The third-order valence-electron chi connectivity index (χ3n) is 3.33. The predicted octanol–water partition coefficient (Wildman–Crippen LogP) is 0.602. The Morgan fingerprint density at radius 3 is 2.36 bits per heavy atom. The van der Waals surface area contributed by atoms with Crippen molar-refractivity contribution in [2.24, 2.45) is 0 Å². The molecule has 1 aliphatic rings. The summed E-state index contributed by atoms with van der Waals surface area (Å²) in [5, 5.41) is 9.29. The van der Waals surface area contributed by atoms with Crippen LogP contribution in [0.4, 0.5) is 0 Å². The van der Waals surface area contributed by atoms with Gasteiger partial charge >= 0.3 is 5.97 Å². The fourth-order valence-corrected chi connectivity index (χ4v) is 5.84. The molecule has 1 fully saturated rings. The number of hydrogen-bond acceptors (Lipinski definition) is 5. The molecule has 10 heteroatoms. The predicted molar refractivity (Wildman–Crippen MR) is 80.0 cm³/mol. The maximum absolute atomic E-state index is 12.6. The summed E-state index contributed by atoms with van der Waals surface area (Å²) in [6.45, 7) is -0.787. The summed E-state index contributed by atoms with van der Waals surface area (Å²) < 4.78 is 49.0. The van der Waals surface area contributed by atoms with E-state index in [1.54, 1.807) is 0 Å². The van der Waals surface area contributed by atoms with Crippen molar-refractivity contribution in [1.82, 2.24) is 4.31 Å². The zero-order chi connectivity index (χ0) is 16.5. The molecule has 122 valence electrons. The van der Waals surface area contributed by atoms with Crippen molar-refractivity contribution in [1.29, 1.82) is 0 Å². The van der Waals surface area contributed by atoms with Gasteiger partial charge in [0.25, 0.3) is 0 Å². The maximum Gasteiger partial charge on any atom is 0.318 e. The van der Waals surface area contributed by atoms with E-state index in [1.807, 2.05) is 0 Å². The molecule has 1 heterocycles. The molecule has 22 heavy (non-hydrogen) atoms. The lowest BCUT2D eigenvalue weighted by molar-refractivity contribution is -0.137. The molecular weight excluding hydrogens is 354 g/mol. The van der Waals surface area contributed by atoms with E-state index in [1.165, 1.54) is 24.3 Å². The molecule has 0 unspecified atom stereocenters. The molecular formula is C12H14ClNO6S2. The van der Waals surface area contributed by atoms with E-state index in [0.717, 1.165) is 4.31 Å². The second kappa shape index (κ2) is 6.15. The van der Waals surface area contributed by atoms with Crippen molar-refractivity contribution in [2.45, 2.75) is 17.4 Å². The van der Waals surface area contributed by atoms with E-state index >= 15 is 0 Å². The number of nitrogens with zero attached hydrogens (tertiary/aromatic N) is 1. The van der Waals surface area contributed by atoms with E-state index in [4.69, 9.17) is 16.7 Å². The Bertz CT molecular complexity index is 772. The van der Waals surface area contributed by atoms with Crippen LogP contribution in [0.5, 0.6) is 0 Å². The SMILES string of the molecule is O=C(O)CN([C@H]1CCS(=O)(=O)C1)S(=O)(=O)c1ccc(Cl)cc1. The van der Waals surface area contributed by atoms with Crippen molar-refractivity contribution in [3.05, 3.63) is 29.3 Å². The van der Waals surface area contributed by atoms with Gasteiger partial charge in [-0.2, -0.15) is 4.31 Å². The standard InChI is InChI=1S/C12H14ClNO6S2/c13-9-1-3-11(4-2-9)22(19,20)14(7-12(15)16)10-5-6-21(17,18)8-10/h1-4,10H,5-8H2,(H,15,16)/t10-/m0/s1. The van der Waals surface area contributed by atoms with Gasteiger partial charge in [-0.3, -0.25) is 4.79 Å². The molecule has 0 spiro atoms. The minimum atomic E-state index is -4.12. The first-order chi connectivity index (χ1) is 10.1. The summed E-state index contributed by atoms with van der Waals surface area (Å²) in [7, 11) is -7.46. The van der Waals surface area contributed by atoms with Crippen LogP contribution in [-0.2, 0) is 24.7 Å². The smallest absolute Gasteiger partial charge is 0.318 e. The van der Waals surface area contributed by atoms with Crippen LogP contribution in [0.25, 0.3) is 0 Å². The van der Waals surface area contributed by atoms with Gasteiger partial charge in [0.05, 0.1) is 16.4 Å². The largest absolute Gasteiger partial charge is 0.480 e. The highest BCUT2D eigenvalue weighted by molar-refractivity contribution is 7.92. The first-order valence-electron chi connectivity index (χ1n) is 6.31. The van der Waals surface area contributed by atoms with Crippen molar-refractivity contribution in [3.8, 4) is 0 Å². The van der Waals surface area contributed by atoms with Crippen LogP contribution in [-0.4, -0.2) is 56.3 Å². The van der Waals surface area contributed by atoms with E-state index in [2.05, 4.69) is 0 Å². The molecule has 7 nitrogen and oxygen atoms in total. The fourth-order valence-electron chi connectivity index (χ4n) is 2.29. The van der Waals surface area contributed by atoms with Gasteiger partial charge < -0.3 is 5.11 Å². The summed E-state index contributed by atoms with van der Waals surface area (Å²) in [4.78, 5) is 10.9. The molecule has 0 aliphatic carbocycles. The average Bonchev–Trinajstić information content (AvgIpc) is 2.76. The topological polar surface area (TPSA) is 109 Å². The molecule has 0 bridgehead atoms. The van der Waals surface area contributed by atoms with Crippen LogP contribution in [0.1, 0.15) is 6.42 Å². The average molecular weight is 368 g/mol. The van der Waals surface area contributed by atoms with Crippen LogP contribution < -0.4 is 0 Å². The highest BCUT2D eigenvalue weighted by Gasteiger charge is 2.39. The third-order valence-corrected chi connectivity index (χ3v) is 7.24. The third kappa shape index (κ3) is 3.78. The normalized spacial score (nSPS) is 21.1. The number of sulfone groups is 1. The zero-order valence-corrected chi connectivity index (χ0v) is 13.7. The maximum atomic E-state index is 12.6.